The van der Waals surface area contributed by atoms with Crippen molar-refractivity contribution in [2.75, 3.05) is 6.54 Å². The van der Waals surface area contributed by atoms with Crippen molar-refractivity contribution in [3.63, 3.8) is 0 Å². The Kier molecular flexibility index (Phi) is 9.71. The molecular weight excluding hydrogens is 687 g/mol. The Balaban J connectivity index is 1.22. The average molecular weight is 733 g/mol. The molecule has 1 aromatic rings. The van der Waals surface area contributed by atoms with Gasteiger partial charge in [0, 0.05) is 24.4 Å². The minimum absolute atomic E-state index is 0.0186. The summed E-state index contributed by atoms with van der Waals surface area (Å²) < 4.78 is 53.0. The highest BCUT2D eigenvalue weighted by molar-refractivity contribution is 7.91. The van der Waals surface area contributed by atoms with E-state index in [-0.39, 0.29) is 38.6 Å². The van der Waals surface area contributed by atoms with Gasteiger partial charge in [0.1, 0.15) is 29.6 Å². The number of sulfonamides is 1. The first-order valence-electron chi connectivity index (χ1n) is 17.3. The van der Waals surface area contributed by atoms with Gasteiger partial charge in [0.15, 0.2) is 0 Å². The van der Waals surface area contributed by atoms with Crippen LogP contribution in [0.2, 0.25) is 0 Å². The average Bonchev–Trinajstić information content (AvgIpc) is 3.85. The zero-order valence-electron chi connectivity index (χ0n) is 29.0. The Hall–Kier alpha value is -4.41. The summed E-state index contributed by atoms with van der Waals surface area (Å²) in [6.45, 7) is 8.57. The number of ether oxygens (including phenoxy) is 2. The first-order chi connectivity index (χ1) is 24.0. The molecule has 15 nitrogen and oxygen atoms in total. The zero-order valence-corrected chi connectivity index (χ0v) is 29.8. The fourth-order valence-corrected chi connectivity index (χ4v) is 8.36. The van der Waals surface area contributed by atoms with Gasteiger partial charge in [-0.1, -0.05) is 18.2 Å². The molecule has 4 fully saturated rings. The van der Waals surface area contributed by atoms with E-state index in [1.54, 1.807) is 32.9 Å². The molecule has 6 amide bonds. The Morgan fingerprint density at radius 3 is 2.35 bits per heavy atom. The summed E-state index contributed by atoms with van der Waals surface area (Å²) in [5.74, 6) is -2.72. The number of likely N-dealkylation sites (tertiary alicyclic amines) is 1. The van der Waals surface area contributed by atoms with Crippen molar-refractivity contribution in [3.05, 3.63) is 47.8 Å². The van der Waals surface area contributed by atoms with Gasteiger partial charge in [-0.2, -0.15) is 0 Å². The largest absolute Gasteiger partial charge is 0.445 e. The minimum Gasteiger partial charge on any atom is -0.445 e. The lowest BCUT2D eigenvalue weighted by atomic mass is 10.1. The van der Waals surface area contributed by atoms with Gasteiger partial charge in [-0.25, -0.2) is 37.6 Å². The fourth-order valence-electron chi connectivity index (χ4n) is 7.00. The van der Waals surface area contributed by atoms with Crippen LogP contribution in [-0.2, 0) is 42.2 Å². The summed E-state index contributed by atoms with van der Waals surface area (Å²) in [5, 5.41) is 3.06. The maximum atomic E-state index is 14.4. The maximum absolute atomic E-state index is 14.4. The molecule has 2 heterocycles. The predicted octanol–water partition coefficient (Wildman–Crippen LogP) is 3.19. The Labute approximate surface area is 296 Å². The number of carbonyl (C=O) groups is 5. The Bertz CT molecular complexity index is 1720. The lowest BCUT2D eigenvalue weighted by Crippen LogP contribution is -2.63. The summed E-state index contributed by atoms with van der Waals surface area (Å²) in [7, 11) is -3.94. The highest BCUT2D eigenvalue weighted by atomic mass is 32.2. The van der Waals surface area contributed by atoms with Gasteiger partial charge in [0.05, 0.1) is 23.9 Å². The van der Waals surface area contributed by atoms with Crippen LogP contribution in [0, 0.1) is 11.7 Å². The molecule has 0 bridgehead atoms. The number of hydrazine groups is 1. The van der Waals surface area contributed by atoms with Crippen LogP contribution in [0.1, 0.15) is 83.3 Å². The van der Waals surface area contributed by atoms with Crippen LogP contribution >= 0.6 is 0 Å². The number of hydrogen-bond donors (Lipinski definition) is 3. The van der Waals surface area contributed by atoms with Crippen molar-refractivity contribution in [2.45, 2.75) is 120 Å². The first-order valence-corrected chi connectivity index (χ1v) is 18.9. The molecule has 3 saturated carbocycles. The van der Waals surface area contributed by atoms with Gasteiger partial charge in [0.25, 0.3) is 5.91 Å². The van der Waals surface area contributed by atoms with E-state index in [2.05, 4.69) is 22.0 Å². The molecule has 278 valence electrons. The molecule has 2 unspecified atom stereocenters. The van der Waals surface area contributed by atoms with Crippen LogP contribution in [0.3, 0.4) is 0 Å². The third-order valence-corrected chi connectivity index (χ3v) is 12.0. The second-order valence-electron chi connectivity index (χ2n) is 15.0. The van der Waals surface area contributed by atoms with Crippen molar-refractivity contribution in [1.29, 1.82) is 0 Å². The summed E-state index contributed by atoms with van der Waals surface area (Å²) in [6.07, 6.45) is 2.55. The molecular formula is C34H45FN6O9S. The van der Waals surface area contributed by atoms with Gasteiger partial charge in [-0.3, -0.25) is 19.2 Å². The number of halogens is 1. The predicted molar refractivity (Wildman–Crippen MR) is 179 cm³/mol. The quantitative estimate of drug-likeness (QED) is 0.267. The lowest BCUT2D eigenvalue weighted by Gasteiger charge is -2.39. The molecule has 1 aromatic carbocycles. The smallest absolute Gasteiger partial charge is 0.426 e. The van der Waals surface area contributed by atoms with E-state index in [1.807, 2.05) is 0 Å². The van der Waals surface area contributed by atoms with Crippen molar-refractivity contribution in [3.8, 4) is 0 Å². The monoisotopic (exact) mass is 732 g/mol. The molecule has 0 radical (unpaired) electrons. The van der Waals surface area contributed by atoms with Crippen LogP contribution in [0.25, 0.3) is 0 Å². The molecule has 6 rings (SSSR count). The second kappa shape index (κ2) is 13.6. The van der Waals surface area contributed by atoms with Gasteiger partial charge in [-0.15, -0.1) is 6.58 Å². The minimum atomic E-state index is -3.94. The van der Waals surface area contributed by atoms with E-state index in [1.165, 1.54) is 17.0 Å². The molecule has 1 saturated heterocycles. The van der Waals surface area contributed by atoms with Crippen molar-refractivity contribution in [2.24, 2.45) is 5.92 Å². The molecule has 4 atom stereocenters. The fraction of sp³-hybridized carbons (Fsp3) is 0.618. The number of carbonyl (C=O) groups excluding carboxylic acids is 5. The van der Waals surface area contributed by atoms with Crippen molar-refractivity contribution in [1.82, 2.24) is 30.3 Å². The van der Waals surface area contributed by atoms with Crippen LogP contribution in [-0.4, -0.2) is 94.4 Å². The molecule has 0 aromatic heterocycles. The molecule has 17 heteroatoms. The highest BCUT2D eigenvalue weighted by Crippen LogP contribution is 2.45. The number of fused-ring (bicyclic) bond motifs is 1. The number of nitrogens with zero attached hydrogens (tertiary/aromatic N) is 3. The molecule has 2 aliphatic heterocycles. The van der Waals surface area contributed by atoms with E-state index in [0.29, 0.717) is 36.8 Å². The Morgan fingerprint density at radius 1 is 1.04 bits per heavy atom. The van der Waals surface area contributed by atoms with E-state index in [9.17, 15) is 36.8 Å². The molecule has 3 N–H and O–H groups in total. The molecule has 51 heavy (non-hydrogen) atoms. The number of nitrogens with one attached hydrogen (secondary N) is 3. The summed E-state index contributed by atoms with van der Waals surface area (Å²) in [5.41, 5.74) is 0.897. The SMILES string of the molecule is C=C[C@@H]1CC1(NC(=O)[C@@H]1CC(OC(=O)N2Cc3cccc(F)c3C2)CN1C(=O)N(NC(=O)OC1CCCC1)C(C)(C)C)C(=O)NS(=O)(=O)C1CC1. The summed E-state index contributed by atoms with van der Waals surface area (Å²) in [4.78, 5) is 70.5. The maximum Gasteiger partial charge on any atom is 0.426 e. The Morgan fingerprint density at radius 2 is 1.75 bits per heavy atom. The van der Waals surface area contributed by atoms with E-state index >= 15 is 0 Å². The van der Waals surface area contributed by atoms with Crippen LogP contribution < -0.4 is 15.5 Å². The highest BCUT2D eigenvalue weighted by Gasteiger charge is 2.62. The van der Waals surface area contributed by atoms with Gasteiger partial charge in [0.2, 0.25) is 15.9 Å². The second-order valence-corrected chi connectivity index (χ2v) is 17.0. The lowest BCUT2D eigenvalue weighted by molar-refractivity contribution is -0.131. The van der Waals surface area contributed by atoms with Gasteiger partial charge >= 0.3 is 18.2 Å². The van der Waals surface area contributed by atoms with Gasteiger partial charge < -0.3 is 19.7 Å². The third-order valence-electron chi connectivity index (χ3n) is 10.2. The first kappa shape index (κ1) is 36.4. The standard InChI is InChI=1S/C34H45FN6O9S/c1-5-21-16-34(21,29(43)38-51(47,48)24-13-14-24)36-28(42)27-15-23(50-32(46)39-17-20-9-8-12-26(35)25(20)19-39)18-40(27)31(45)41(33(2,3)4)37-30(44)49-22-10-6-7-11-22/h5,8-9,12,21-24,27H,1,6-7,10-11,13-19H2,2-4H3,(H,36,42)(H,37,44)(H,38,43)/t21-,23?,27+,34?/m1/s1. The number of benzene rings is 1. The van der Waals surface area contributed by atoms with E-state index in [4.69, 9.17) is 9.47 Å². The van der Waals surface area contributed by atoms with Crippen molar-refractivity contribution < 1.29 is 46.3 Å². The summed E-state index contributed by atoms with van der Waals surface area (Å²) >= 11 is 0. The van der Waals surface area contributed by atoms with Crippen LogP contribution in [0.15, 0.2) is 30.9 Å². The number of hydrogen-bond acceptors (Lipinski definition) is 9. The van der Waals surface area contributed by atoms with Crippen LogP contribution in [0.5, 0.6) is 0 Å². The number of urea groups is 1. The van der Waals surface area contributed by atoms with E-state index in [0.717, 1.165) is 22.8 Å². The normalized spacial score (nSPS) is 25.8. The molecule has 0 spiro atoms. The number of amides is 6. The third kappa shape index (κ3) is 7.62. The zero-order chi connectivity index (χ0) is 36.9. The topological polar surface area (TPSA) is 184 Å². The van der Waals surface area contributed by atoms with Crippen LogP contribution in [0.4, 0.5) is 18.8 Å². The van der Waals surface area contributed by atoms with E-state index < -0.39 is 80.3 Å². The molecule has 5 aliphatic rings. The summed E-state index contributed by atoms with van der Waals surface area (Å²) in [6, 6.07) is 2.46. The van der Waals surface area contributed by atoms with Crippen molar-refractivity contribution >= 4 is 40.1 Å². The van der Waals surface area contributed by atoms with Gasteiger partial charge in [-0.05, 0) is 77.3 Å². The number of rotatable bonds is 8. The molecule has 3 aliphatic carbocycles.